The van der Waals surface area contributed by atoms with Crippen molar-refractivity contribution in [3.8, 4) is 6.01 Å². The average Bonchev–Trinajstić information content (AvgIpc) is 2.73. The van der Waals surface area contributed by atoms with Gasteiger partial charge in [0.25, 0.3) is 0 Å². The third-order valence-electron chi connectivity index (χ3n) is 1.84. The maximum absolute atomic E-state index is 5.45. The lowest BCUT2D eigenvalue weighted by Gasteiger charge is -2.09. The number of hydrogen-bond acceptors (Lipinski definition) is 9. The number of hydrazine groups is 1. The molecular formula is C10H14N6OS2. The monoisotopic (exact) mass is 298 g/mol. The molecule has 0 saturated carbocycles. The number of aryl methyl sites for hydroxylation is 1. The zero-order valence-electron chi connectivity index (χ0n) is 10.7. The van der Waals surface area contributed by atoms with E-state index < -0.39 is 0 Å². The molecule has 0 radical (unpaired) electrons. The van der Waals surface area contributed by atoms with Crippen molar-refractivity contribution >= 4 is 29.0 Å². The van der Waals surface area contributed by atoms with Gasteiger partial charge in [-0.05, 0) is 32.5 Å². The van der Waals surface area contributed by atoms with Crippen molar-refractivity contribution in [2.75, 3.05) is 5.43 Å². The van der Waals surface area contributed by atoms with Crippen molar-refractivity contribution in [1.82, 2.24) is 19.9 Å². The van der Waals surface area contributed by atoms with Crippen LogP contribution >= 0.6 is 23.1 Å². The summed E-state index contributed by atoms with van der Waals surface area (Å²) in [5.41, 5.74) is 3.37. The molecule has 0 amide bonds. The van der Waals surface area contributed by atoms with Gasteiger partial charge in [0, 0.05) is 11.1 Å². The van der Waals surface area contributed by atoms with E-state index in [-0.39, 0.29) is 18.1 Å². The lowest BCUT2D eigenvalue weighted by Crippen LogP contribution is -2.14. The van der Waals surface area contributed by atoms with Crippen molar-refractivity contribution in [2.24, 2.45) is 5.84 Å². The number of anilines is 1. The Morgan fingerprint density at radius 2 is 2.11 bits per heavy atom. The van der Waals surface area contributed by atoms with Crippen LogP contribution in [0.2, 0.25) is 0 Å². The number of hydrogen-bond donors (Lipinski definition) is 2. The molecule has 0 aromatic carbocycles. The number of rotatable bonds is 5. The number of ether oxygens (including phenoxy) is 1. The highest BCUT2D eigenvalue weighted by Crippen LogP contribution is 2.28. The van der Waals surface area contributed by atoms with E-state index in [1.807, 2.05) is 26.2 Å². The smallest absolute Gasteiger partial charge is 0.322 e. The second-order valence-corrected chi connectivity index (χ2v) is 5.96. The maximum atomic E-state index is 5.45. The van der Waals surface area contributed by atoms with E-state index in [2.05, 4.69) is 25.4 Å². The fourth-order valence-corrected chi connectivity index (χ4v) is 2.85. The first-order chi connectivity index (χ1) is 9.06. The van der Waals surface area contributed by atoms with Gasteiger partial charge in [0.05, 0.1) is 6.10 Å². The Morgan fingerprint density at radius 1 is 1.32 bits per heavy atom. The van der Waals surface area contributed by atoms with Crippen molar-refractivity contribution in [2.45, 2.75) is 36.4 Å². The van der Waals surface area contributed by atoms with Gasteiger partial charge >= 0.3 is 6.01 Å². The van der Waals surface area contributed by atoms with Crippen LogP contribution in [0.3, 0.4) is 0 Å². The lowest BCUT2D eigenvalue weighted by molar-refractivity contribution is 0.219. The minimum atomic E-state index is -0.0204. The minimum absolute atomic E-state index is 0.0204. The molecule has 102 valence electrons. The molecule has 19 heavy (non-hydrogen) atoms. The molecule has 2 aromatic rings. The van der Waals surface area contributed by atoms with E-state index in [0.717, 1.165) is 10.0 Å². The molecule has 0 aliphatic rings. The summed E-state index contributed by atoms with van der Waals surface area (Å²) in [7, 11) is 0. The largest absolute Gasteiger partial charge is 0.461 e. The fourth-order valence-electron chi connectivity index (χ4n) is 1.17. The van der Waals surface area contributed by atoms with E-state index in [1.165, 1.54) is 23.1 Å². The van der Waals surface area contributed by atoms with E-state index in [4.69, 9.17) is 10.6 Å². The first-order valence-corrected chi connectivity index (χ1v) is 7.25. The van der Waals surface area contributed by atoms with E-state index in [9.17, 15) is 0 Å². The molecule has 0 spiro atoms. The predicted octanol–water partition coefficient (Wildman–Crippen LogP) is 1.86. The molecule has 0 atom stereocenters. The zero-order valence-corrected chi connectivity index (χ0v) is 12.4. The van der Waals surface area contributed by atoms with Gasteiger partial charge in [-0.15, -0.1) is 11.3 Å². The highest BCUT2D eigenvalue weighted by molar-refractivity contribution is 8.00. The Hall–Kier alpha value is -1.45. The average molecular weight is 298 g/mol. The van der Waals surface area contributed by atoms with E-state index in [1.54, 1.807) is 0 Å². The molecule has 0 fully saturated rings. The van der Waals surface area contributed by atoms with Gasteiger partial charge in [0.2, 0.25) is 11.1 Å². The van der Waals surface area contributed by atoms with Crippen LogP contribution in [0.15, 0.2) is 14.9 Å². The molecule has 7 nitrogen and oxygen atoms in total. The molecule has 2 heterocycles. The number of nitrogen functional groups attached to an aromatic ring is 1. The summed E-state index contributed by atoms with van der Waals surface area (Å²) in [6.07, 6.45) is -0.0204. The highest BCUT2D eigenvalue weighted by Gasteiger charge is 2.11. The lowest BCUT2D eigenvalue weighted by atomic mass is 10.5. The molecule has 0 saturated heterocycles. The second kappa shape index (κ2) is 6.13. The number of aromatic nitrogens is 4. The molecule has 0 bridgehead atoms. The zero-order chi connectivity index (χ0) is 13.8. The van der Waals surface area contributed by atoms with E-state index in [0.29, 0.717) is 5.16 Å². The van der Waals surface area contributed by atoms with Crippen LogP contribution in [0.4, 0.5) is 5.95 Å². The van der Waals surface area contributed by atoms with Crippen LogP contribution in [0, 0.1) is 6.92 Å². The summed E-state index contributed by atoms with van der Waals surface area (Å²) in [5, 5.41) is 2.46. The molecule has 2 rings (SSSR count). The number of nitrogens with zero attached hydrogens (tertiary/aromatic N) is 4. The fraction of sp³-hybridized carbons (Fsp3) is 0.400. The Bertz CT molecular complexity index is 559. The standard InChI is InChI=1S/C10H14N6OS2/c1-5(2)17-8-13-7(16-11)14-9(15-8)19-10-12-6(3)4-18-10/h4-5H,11H2,1-3H3,(H,13,14,15,16). The normalized spacial score (nSPS) is 10.8. The van der Waals surface area contributed by atoms with Gasteiger partial charge in [0.1, 0.15) is 0 Å². The van der Waals surface area contributed by atoms with Crippen molar-refractivity contribution < 1.29 is 4.74 Å². The van der Waals surface area contributed by atoms with Crippen LogP contribution in [0.25, 0.3) is 0 Å². The van der Waals surface area contributed by atoms with E-state index >= 15 is 0 Å². The van der Waals surface area contributed by atoms with Gasteiger partial charge in [-0.3, -0.25) is 5.43 Å². The molecule has 0 aliphatic heterocycles. The first kappa shape index (κ1) is 14.0. The third kappa shape index (κ3) is 4.01. The van der Waals surface area contributed by atoms with Gasteiger partial charge < -0.3 is 4.74 Å². The van der Waals surface area contributed by atoms with Crippen LogP contribution in [0.1, 0.15) is 19.5 Å². The molecule has 0 aliphatic carbocycles. The van der Waals surface area contributed by atoms with Gasteiger partial charge in [-0.2, -0.15) is 15.0 Å². The molecule has 3 N–H and O–H groups in total. The summed E-state index contributed by atoms with van der Waals surface area (Å²) >= 11 is 2.89. The summed E-state index contributed by atoms with van der Waals surface area (Å²) < 4.78 is 6.32. The summed E-state index contributed by atoms with van der Waals surface area (Å²) in [6, 6.07) is 0.244. The van der Waals surface area contributed by atoms with Crippen molar-refractivity contribution in [3.63, 3.8) is 0 Å². The third-order valence-corrected chi connectivity index (χ3v) is 3.76. The highest BCUT2D eigenvalue weighted by atomic mass is 32.2. The SMILES string of the molecule is Cc1csc(Sc2nc(NN)nc(OC(C)C)n2)n1. The minimum Gasteiger partial charge on any atom is -0.461 e. The van der Waals surface area contributed by atoms with Crippen LogP contribution in [-0.4, -0.2) is 26.0 Å². The number of thiazole rings is 1. The Balaban J connectivity index is 2.23. The number of nitrogens with two attached hydrogens (primary N) is 1. The Labute approximate surface area is 119 Å². The topological polar surface area (TPSA) is 98.8 Å². The van der Waals surface area contributed by atoms with Crippen LogP contribution in [-0.2, 0) is 0 Å². The van der Waals surface area contributed by atoms with Crippen LogP contribution < -0.4 is 16.0 Å². The first-order valence-electron chi connectivity index (χ1n) is 5.56. The summed E-state index contributed by atoms with van der Waals surface area (Å²) in [5.74, 6) is 5.60. The van der Waals surface area contributed by atoms with Gasteiger partial charge in [-0.25, -0.2) is 10.8 Å². The quantitative estimate of drug-likeness (QED) is 0.637. The van der Waals surface area contributed by atoms with Crippen LogP contribution in [0.5, 0.6) is 6.01 Å². The van der Waals surface area contributed by atoms with Crippen molar-refractivity contribution in [3.05, 3.63) is 11.1 Å². The van der Waals surface area contributed by atoms with Gasteiger partial charge in [0.15, 0.2) is 4.34 Å². The molecular weight excluding hydrogens is 284 g/mol. The predicted molar refractivity (Wildman–Crippen MR) is 74.4 cm³/mol. The second-order valence-electron chi connectivity index (χ2n) is 3.89. The van der Waals surface area contributed by atoms with Crippen molar-refractivity contribution in [1.29, 1.82) is 0 Å². The Kier molecular flexibility index (Phi) is 4.51. The molecule has 0 unspecified atom stereocenters. The summed E-state index contributed by atoms with van der Waals surface area (Å²) in [6.45, 7) is 5.74. The Morgan fingerprint density at radius 3 is 2.68 bits per heavy atom. The number of nitrogens with one attached hydrogen (secondary N) is 1. The summed E-state index contributed by atoms with van der Waals surface area (Å²) in [4.78, 5) is 16.7. The molecule has 2 aromatic heterocycles. The maximum Gasteiger partial charge on any atom is 0.322 e. The molecule has 9 heteroatoms. The van der Waals surface area contributed by atoms with Gasteiger partial charge in [-0.1, -0.05) is 0 Å².